The molecule has 0 amide bonds. The van der Waals surface area contributed by atoms with Gasteiger partial charge in [0.05, 0.1) is 0 Å². The minimum atomic E-state index is 1.13. The number of hydrogen-bond donors (Lipinski definition) is 0. The molecule has 0 aromatic heterocycles. The highest BCUT2D eigenvalue weighted by molar-refractivity contribution is 8.03. The summed E-state index contributed by atoms with van der Waals surface area (Å²) < 4.78 is 0. The number of unbranched alkanes of at least 4 members (excludes halogenated alkanes) is 8. The normalized spacial score (nSPS) is 11.1. The maximum absolute atomic E-state index is 4.10. The Kier molecular flexibility index (Phi) is 11.0. The summed E-state index contributed by atoms with van der Waals surface area (Å²) in [5.41, 5.74) is 0. The van der Waals surface area contributed by atoms with Gasteiger partial charge < -0.3 is 0 Å². The SMILES string of the molecule is C=C(/C=C/CCCCCCCCCC)Sc1ccccc1. The van der Waals surface area contributed by atoms with Gasteiger partial charge in [-0.25, -0.2) is 0 Å². The smallest absolute Gasteiger partial charge is 0.0122 e. The van der Waals surface area contributed by atoms with Crippen molar-refractivity contribution in [2.75, 3.05) is 0 Å². The summed E-state index contributed by atoms with van der Waals surface area (Å²) in [4.78, 5) is 2.39. The molecule has 1 rings (SSSR count). The van der Waals surface area contributed by atoms with E-state index in [0.717, 1.165) is 4.91 Å². The fourth-order valence-corrected chi connectivity index (χ4v) is 3.05. The van der Waals surface area contributed by atoms with Crippen molar-refractivity contribution in [1.82, 2.24) is 0 Å². The first kappa shape index (κ1) is 18.1. The first-order valence-electron chi connectivity index (χ1n) is 8.41. The van der Waals surface area contributed by atoms with Crippen LogP contribution in [0.2, 0.25) is 0 Å². The Balaban J connectivity index is 1.98. The lowest BCUT2D eigenvalue weighted by molar-refractivity contribution is 0.577. The molecule has 0 bridgehead atoms. The second-order valence-corrected chi connectivity index (χ2v) is 6.75. The molecule has 0 fully saturated rings. The van der Waals surface area contributed by atoms with Gasteiger partial charge in [-0.3, -0.25) is 0 Å². The third-order valence-electron chi connectivity index (χ3n) is 3.52. The van der Waals surface area contributed by atoms with Gasteiger partial charge in [0.25, 0.3) is 0 Å². The molecule has 1 aromatic rings. The summed E-state index contributed by atoms with van der Waals surface area (Å²) >= 11 is 1.74. The molecule has 0 heterocycles. The van der Waals surface area contributed by atoms with Crippen molar-refractivity contribution in [3.05, 3.63) is 54.0 Å². The molecule has 1 heteroatoms. The van der Waals surface area contributed by atoms with Gasteiger partial charge in [0.2, 0.25) is 0 Å². The molecule has 0 spiro atoms. The largest absolute Gasteiger partial charge is 0.0907 e. The van der Waals surface area contributed by atoms with Crippen LogP contribution < -0.4 is 0 Å². The number of allylic oxidation sites excluding steroid dienone is 2. The number of benzene rings is 1. The molecule has 116 valence electrons. The van der Waals surface area contributed by atoms with E-state index < -0.39 is 0 Å². The van der Waals surface area contributed by atoms with Crippen molar-refractivity contribution in [3.63, 3.8) is 0 Å². The Morgan fingerprint density at radius 1 is 0.952 bits per heavy atom. The molecular weight excluding hydrogens is 272 g/mol. The molecule has 0 unspecified atom stereocenters. The van der Waals surface area contributed by atoms with Crippen LogP contribution in [-0.4, -0.2) is 0 Å². The fourth-order valence-electron chi connectivity index (χ4n) is 2.28. The summed E-state index contributed by atoms with van der Waals surface area (Å²) in [6.07, 6.45) is 16.7. The minimum absolute atomic E-state index is 1.13. The highest BCUT2D eigenvalue weighted by Gasteiger charge is 1.94. The Morgan fingerprint density at radius 3 is 2.24 bits per heavy atom. The summed E-state index contributed by atoms with van der Waals surface area (Å²) in [6.45, 7) is 6.38. The molecule has 0 nitrogen and oxygen atoms in total. The van der Waals surface area contributed by atoms with Crippen molar-refractivity contribution in [2.24, 2.45) is 0 Å². The standard InChI is InChI=1S/C20H30S/c1-3-4-5-6-7-8-9-10-11-13-16-19(2)21-20-17-14-12-15-18-20/h12-18H,2-11H2,1H3/b16-13+. The molecule has 0 aliphatic rings. The molecule has 0 aliphatic heterocycles. The average Bonchev–Trinajstić information content (AvgIpc) is 2.50. The molecule has 21 heavy (non-hydrogen) atoms. The van der Waals surface area contributed by atoms with Gasteiger partial charge in [0.15, 0.2) is 0 Å². The van der Waals surface area contributed by atoms with E-state index in [0.29, 0.717) is 0 Å². The Bertz CT molecular complexity index is 392. The van der Waals surface area contributed by atoms with Gasteiger partial charge in [-0.15, -0.1) is 0 Å². The molecule has 0 saturated heterocycles. The lowest BCUT2D eigenvalue weighted by Gasteiger charge is -2.01. The van der Waals surface area contributed by atoms with E-state index in [2.05, 4.69) is 49.9 Å². The van der Waals surface area contributed by atoms with E-state index in [4.69, 9.17) is 0 Å². The van der Waals surface area contributed by atoms with Gasteiger partial charge in [0.1, 0.15) is 0 Å². The molecule has 0 aliphatic carbocycles. The van der Waals surface area contributed by atoms with Gasteiger partial charge in [0, 0.05) is 9.80 Å². The lowest BCUT2D eigenvalue weighted by Crippen LogP contribution is -1.80. The average molecular weight is 303 g/mol. The third kappa shape index (κ3) is 10.4. The molecule has 0 saturated carbocycles. The fraction of sp³-hybridized carbons (Fsp3) is 0.500. The highest BCUT2D eigenvalue weighted by Crippen LogP contribution is 2.25. The predicted octanol–water partition coefficient (Wildman–Crippen LogP) is 7.38. The van der Waals surface area contributed by atoms with E-state index in [9.17, 15) is 0 Å². The predicted molar refractivity (Wildman–Crippen MR) is 97.8 cm³/mol. The van der Waals surface area contributed by atoms with Crippen LogP contribution in [0, 0.1) is 0 Å². The summed E-state index contributed by atoms with van der Waals surface area (Å²) in [5, 5.41) is 0. The summed E-state index contributed by atoms with van der Waals surface area (Å²) in [7, 11) is 0. The quantitative estimate of drug-likeness (QED) is 0.220. The molecule has 0 radical (unpaired) electrons. The Labute approximate surface area is 135 Å². The second kappa shape index (κ2) is 12.8. The topological polar surface area (TPSA) is 0 Å². The number of thioether (sulfide) groups is 1. The van der Waals surface area contributed by atoms with Gasteiger partial charge in [-0.1, -0.05) is 101 Å². The zero-order chi connectivity index (χ0) is 15.2. The van der Waals surface area contributed by atoms with Gasteiger partial charge in [-0.05, 0) is 25.0 Å². The second-order valence-electron chi connectivity index (χ2n) is 5.55. The lowest BCUT2D eigenvalue weighted by atomic mass is 10.1. The summed E-state index contributed by atoms with van der Waals surface area (Å²) in [6, 6.07) is 10.4. The number of rotatable bonds is 12. The van der Waals surface area contributed by atoms with Crippen LogP contribution in [0.15, 0.2) is 58.9 Å². The Hall–Kier alpha value is -0.950. The van der Waals surface area contributed by atoms with Crippen molar-refractivity contribution >= 4 is 11.8 Å². The molecule has 0 atom stereocenters. The van der Waals surface area contributed by atoms with Crippen LogP contribution in [0.1, 0.15) is 64.7 Å². The maximum Gasteiger partial charge on any atom is 0.0122 e. The van der Waals surface area contributed by atoms with Crippen molar-refractivity contribution in [1.29, 1.82) is 0 Å². The van der Waals surface area contributed by atoms with Gasteiger partial charge >= 0.3 is 0 Å². The first-order chi connectivity index (χ1) is 10.3. The van der Waals surface area contributed by atoms with E-state index in [1.807, 2.05) is 6.07 Å². The zero-order valence-corrected chi connectivity index (χ0v) is 14.3. The number of hydrogen-bond acceptors (Lipinski definition) is 1. The van der Waals surface area contributed by atoms with Crippen molar-refractivity contribution < 1.29 is 0 Å². The molecular formula is C20H30S. The van der Waals surface area contributed by atoms with Crippen LogP contribution in [0.3, 0.4) is 0 Å². The molecule has 0 N–H and O–H groups in total. The van der Waals surface area contributed by atoms with E-state index in [1.165, 1.54) is 62.7 Å². The highest BCUT2D eigenvalue weighted by atomic mass is 32.2. The van der Waals surface area contributed by atoms with Crippen LogP contribution in [-0.2, 0) is 0 Å². The van der Waals surface area contributed by atoms with E-state index >= 15 is 0 Å². The van der Waals surface area contributed by atoms with Gasteiger partial charge in [-0.2, -0.15) is 0 Å². The Morgan fingerprint density at radius 2 is 1.57 bits per heavy atom. The third-order valence-corrected chi connectivity index (χ3v) is 4.43. The van der Waals surface area contributed by atoms with E-state index in [1.54, 1.807) is 11.8 Å². The van der Waals surface area contributed by atoms with Crippen LogP contribution in [0.4, 0.5) is 0 Å². The van der Waals surface area contributed by atoms with Crippen LogP contribution >= 0.6 is 11.8 Å². The summed E-state index contributed by atoms with van der Waals surface area (Å²) in [5.74, 6) is 0. The van der Waals surface area contributed by atoms with Crippen molar-refractivity contribution in [3.8, 4) is 0 Å². The van der Waals surface area contributed by atoms with Crippen LogP contribution in [0.5, 0.6) is 0 Å². The maximum atomic E-state index is 4.10. The van der Waals surface area contributed by atoms with Crippen molar-refractivity contribution in [2.45, 2.75) is 69.6 Å². The first-order valence-corrected chi connectivity index (χ1v) is 9.23. The monoisotopic (exact) mass is 302 g/mol. The zero-order valence-electron chi connectivity index (χ0n) is 13.5. The molecule has 1 aromatic carbocycles. The minimum Gasteiger partial charge on any atom is -0.0907 e. The van der Waals surface area contributed by atoms with Crippen LogP contribution in [0.25, 0.3) is 0 Å². The van der Waals surface area contributed by atoms with E-state index in [-0.39, 0.29) is 0 Å².